The van der Waals surface area contributed by atoms with Gasteiger partial charge in [0.25, 0.3) is 0 Å². The van der Waals surface area contributed by atoms with Crippen molar-refractivity contribution in [3.63, 3.8) is 0 Å². The topological polar surface area (TPSA) is 36.0 Å². The molecule has 3 heteroatoms. The second-order valence-corrected chi connectivity index (χ2v) is 10.3. The molecule has 0 unspecified atom stereocenters. The Bertz CT molecular complexity index is 1180. The fraction of sp³-hybridized carbons (Fsp3) is 0.333. The zero-order valence-corrected chi connectivity index (χ0v) is 19.2. The average molecular weight is 438 g/mol. The molecule has 0 saturated carbocycles. The van der Waals surface area contributed by atoms with Gasteiger partial charge in [0.2, 0.25) is 0 Å². The molecule has 3 aliphatic heterocycles. The van der Waals surface area contributed by atoms with Gasteiger partial charge in [0, 0.05) is 48.2 Å². The van der Waals surface area contributed by atoms with E-state index in [1.807, 2.05) is 12.1 Å². The first-order valence-electron chi connectivity index (χ1n) is 12.4. The molecule has 0 spiro atoms. The van der Waals surface area contributed by atoms with Gasteiger partial charge in [-0.3, -0.25) is 0 Å². The Hall–Kier alpha value is -2.88. The molecule has 3 aliphatic rings. The Morgan fingerprint density at radius 2 is 1.30 bits per heavy atom. The van der Waals surface area contributed by atoms with Gasteiger partial charge in [0.05, 0.1) is 26.2 Å². The molecule has 0 amide bonds. The quantitative estimate of drug-likeness (QED) is 0.376. The third-order valence-corrected chi connectivity index (χ3v) is 8.88. The number of H-pyrrole nitrogens is 1. The highest BCUT2D eigenvalue weighted by Gasteiger charge is 2.60. The highest BCUT2D eigenvalue weighted by molar-refractivity contribution is 5.83. The monoisotopic (exact) mass is 437 g/mol. The number of aliphatic hydroxyl groups is 1. The molecule has 3 saturated heterocycles. The molecule has 168 valence electrons. The predicted molar refractivity (Wildman–Crippen MR) is 134 cm³/mol. The van der Waals surface area contributed by atoms with Gasteiger partial charge in [-0.2, -0.15) is 0 Å². The lowest BCUT2D eigenvalue weighted by atomic mass is 9.56. The van der Waals surface area contributed by atoms with Gasteiger partial charge in [-0.1, -0.05) is 78.9 Å². The van der Waals surface area contributed by atoms with Crippen molar-refractivity contribution in [1.82, 2.24) is 4.98 Å². The Balaban J connectivity index is 1.27. The molecule has 4 aromatic rings. The molecule has 0 aliphatic carbocycles. The molecule has 3 aromatic carbocycles. The second kappa shape index (κ2) is 7.86. The van der Waals surface area contributed by atoms with Crippen LogP contribution in [0.1, 0.15) is 36.0 Å². The van der Waals surface area contributed by atoms with Crippen LogP contribution >= 0.6 is 0 Å². The molecule has 33 heavy (non-hydrogen) atoms. The van der Waals surface area contributed by atoms with E-state index in [2.05, 4.69) is 84.0 Å². The van der Waals surface area contributed by atoms with Crippen LogP contribution < -0.4 is 0 Å². The summed E-state index contributed by atoms with van der Waals surface area (Å²) >= 11 is 0. The van der Waals surface area contributed by atoms with Crippen LogP contribution in [0.4, 0.5) is 0 Å². The van der Waals surface area contributed by atoms with Crippen LogP contribution in [0.3, 0.4) is 0 Å². The highest BCUT2D eigenvalue weighted by Crippen LogP contribution is 2.57. The summed E-state index contributed by atoms with van der Waals surface area (Å²) in [5.74, 6) is 0. The van der Waals surface area contributed by atoms with Crippen molar-refractivity contribution in [1.29, 1.82) is 0 Å². The second-order valence-electron chi connectivity index (χ2n) is 10.3. The summed E-state index contributed by atoms with van der Waals surface area (Å²) in [6.07, 6.45) is 6.52. The Morgan fingerprint density at radius 3 is 1.91 bits per heavy atom. The third-order valence-electron chi connectivity index (χ3n) is 8.88. The van der Waals surface area contributed by atoms with Gasteiger partial charge < -0.3 is 14.6 Å². The minimum atomic E-state index is -0.942. The molecule has 7 rings (SSSR count). The number of benzene rings is 3. The molecule has 2 N–H and O–H groups in total. The van der Waals surface area contributed by atoms with Crippen molar-refractivity contribution < 1.29 is 9.59 Å². The summed E-state index contributed by atoms with van der Waals surface area (Å²) in [7, 11) is 0. The number of hydrogen-bond donors (Lipinski definition) is 2. The Morgan fingerprint density at radius 1 is 0.758 bits per heavy atom. The number of fused-ring (bicyclic) bond motifs is 4. The van der Waals surface area contributed by atoms with E-state index in [4.69, 9.17) is 0 Å². The van der Waals surface area contributed by atoms with E-state index in [0.29, 0.717) is 0 Å². The highest BCUT2D eigenvalue weighted by atomic mass is 16.3. The molecular formula is C30H33N2O+. The standard InChI is InChI=1S/C30H33N2O/c33-30(25-9-3-1-4-10-25,26-11-5-2-6-12-26)29-16-20-32(21-17-29,22-18-29)19-15-24-23-31-28-14-8-7-13-27(24)28/h1-14,23,31,33H,15-22H2/q+1. The number of quaternary nitrogens is 1. The Kier molecular flexibility index (Phi) is 4.93. The van der Waals surface area contributed by atoms with Crippen molar-refractivity contribution in [3.05, 3.63) is 108 Å². The average Bonchev–Trinajstić information content (AvgIpc) is 3.32. The molecule has 3 fully saturated rings. The van der Waals surface area contributed by atoms with E-state index in [-0.39, 0.29) is 5.41 Å². The van der Waals surface area contributed by atoms with Crippen LogP contribution in [0.25, 0.3) is 10.9 Å². The summed E-state index contributed by atoms with van der Waals surface area (Å²) in [6, 6.07) is 29.4. The molecule has 4 heterocycles. The van der Waals surface area contributed by atoms with Crippen LogP contribution in [0, 0.1) is 5.41 Å². The van der Waals surface area contributed by atoms with Gasteiger partial charge >= 0.3 is 0 Å². The number of hydrogen-bond acceptors (Lipinski definition) is 1. The third kappa shape index (κ3) is 3.25. The predicted octanol–water partition coefficient (Wildman–Crippen LogP) is 5.65. The van der Waals surface area contributed by atoms with E-state index in [9.17, 15) is 5.11 Å². The van der Waals surface area contributed by atoms with Crippen LogP contribution in [0.2, 0.25) is 0 Å². The number of para-hydroxylation sites is 1. The summed E-state index contributed by atoms with van der Waals surface area (Å²) in [6.45, 7) is 4.66. The summed E-state index contributed by atoms with van der Waals surface area (Å²) < 4.78 is 1.20. The first kappa shape index (κ1) is 20.7. The maximum absolute atomic E-state index is 12.5. The van der Waals surface area contributed by atoms with E-state index < -0.39 is 5.60 Å². The van der Waals surface area contributed by atoms with Gasteiger partial charge in [-0.05, 0) is 22.8 Å². The van der Waals surface area contributed by atoms with Gasteiger partial charge in [0.1, 0.15) is 5.60 Å². The van der Waals surface area contributed by atoms with E-state index in [1.54, 1.807) is 0 Å². The van der Waals surface area contributed by atoms with Gasteiger partial charge in [-0.15, -0.1) is 0 Å². The maximum Gasteiger partial charge on any atom is 0.121 e. The first-order valence-corrected chi connectivity index (χ1v) is 12.4. The summed E-state index contributed by atoms with van der Waals surface area (Å²) in [5, 5.41) is 13.9. The lowest BCUT2D eigenvalue weighted by molar-refractivity contribution is -0.946. The van der Waals surface area contributed by atoms with Crippen LogP contribution in [0.15, 0.2) is 91.1 Å². The number of rotatable bonds is 6. The van der Waals surface area contributed by atoms with Gasteiger partial charge in [0.15, 0.2) is 0 Å². The number of nitrogens with zero attached hydrogens (tertiary/aromatic N) is 1. The van der Waals surface area contributed by atoms with E-state index in [1.165, 1.54) is 27.5 Å². The lowest BCUT2D eigenvalue weighted by Crippen LogP contribution is -2.67. The SMILES string of the molecule is OC(c1ccccc1)(c1ccccc1)C12CC[N+](CCc3c[nH]c4ccccc34)(CC1)CC2. The van der Waals surface area contributed by atoms with Gasteiger partial charge in [-0.25, -0.2) is 0 Å². The number of nitrogens with one attached hydrogen (secondary N) is 1. The Labute approximate surface area is 196 Å². The van der Waals surface area contributed by atoms with E-state index >= 15 is 0 Å². The molecule has 2 bridgehead atoms. The van der Waals surface area contributed by atoms with Crippen LogP contribution in [0.5, 0.6) is 0 Å². The fourth-order valence-electron chi connectivity index (χ4n) is 6.78. The number of aromatic nitrogens is 1. The normalized spacial score (nSPS) is 24.9. The van der Waals surface area contributed by atoms with Crippen molar-refractivity contribution in [2.45, 2.75) is 31.3 Å². The first-order chi connectivity index (χ1) is 16.1. The zero-order chi connectivity index (χ0) is 22.4. The maximum atomic E-state index is 12.5. The van der Waals surface area contributed by atoms with E-state index in [0.717, 1.165) is 56.4 Å². The van der Waals surface area contributed by atoms with Crippen LogP contribution in [-0.4, -0.2) is 40.8 Å². The number of aromatic amines is 1. The molecule has 0 radical (unpaired) electrons. The largest absolute Gasteiger partial charge is 0.380 e. The van der Waals surface area contributed by atoms with Crippen molar-refractivity contribution in [2.24, 2.45) is 5.41 Å². The zero-order valence-electron chi connectivity index (χ0n) is 19.2. The van der Waals surface area contributed by atoms with Crippen molar-refractivity contribution in [3.8, 4) is 0 Å². The molecular weight excluding hydrogens is 404 g/mol. The summed E-state index contributed by atoms with van der Waals surface area (Å²) in [5.41, 5.74) is 3.71. The minimum absolute atomic E-state index is 0.101. The molecule has 3 nitrogen and oxygen atoms in total. The van der Waals surface area contributed by atoms with Crippen molar-refractivity contribution >= 4 is 10.9 Å². The lowest BCUT2D eigenvalue weighted by Gasteiger charge is -2.60. The molecule has 0 atom stereocenters. The molecule has 1 aromatic heterocycles. The van der Waals surface area contributed by atoms with Crippen LogP contribution in [-0.2, 0) is 12.0 Å². The van der Waals surface area contributed by atoms with Crippen molar-refractivity contribution in [2.75, 3.05) is 26.2 Å². The minimum Gasteiger partial charge on any atom is -0.380 e. The fourth-order valence-corrected chi connectivity index (χ4v) is 6.78. The number of piperidine rings is 3. The summed E-state index contributed by atoms with van der Waals surface area (Å²) in [4.78, 5) is 3.44. The smallest absolute Gasteiger partial charge is 0.121 e.